The highest BCUT2D eigenvalue weighted by Gasteiger charge is 2.41. The quantitative estimate of drug-likeness (QED) is 0.869. The molecule has 2 saturated heterocycles. The monoisotopic (exact) mass is 311 g/mol. The van der Waals surface area contributed by atoms with Crippen LogP contribution in [0, 0.1) is 19.8 Å². The molecule has 2 aromatic rings. The summed E-state index contributed by atoms with van der Waals surface area (Å²) in [7, 11) is 0. The maximum atomic E-state index is 5.31. The summed E-state index contributed by atoms with van der Waals surface area (Å²) in [6.45, 7) is 9.75. The molecule has 0 amide bonds. The first-order chi connectivity index (χ1) is 11.2. The van der Waals surface area contributed by atoms with Gasteiger partial charge < -0.3 is 4.52 Å². The number of likely N-dealkylation sites (tertiary alicyclic amines) is 2. The first-order valence-corrected chi connectivity index (χ1v) is 8.63. The zero-order valence-electron chi connectivity index (χ0n) is 14.0. The minimum Gasteiger partial charge on any atom is -0.361 e. The van der Waals surface area contributed by atoms with Gasteiger partial charge in [-0.1, -0.05) is 35.5 Å². The Labute approximate surface area is 138 Å². The van der Waals surface area contributed by atoms with Crippen LogP contribution in [0.5, 0.6) is 0 Å². The topological polar surface area (TPSA) is 32.5 Å². The van der Waals surface area contributed by atoms with Gasteiger partial charge >= 0.3 is 0 Å². The van der Waals surface area contributed by atoms with E-state index in [1.165, 1.54) is 37.2 Å². The van der Waals surface area contributed by atoms with Crippen molar-refractivity contribution in [2.45, 2.75) is 39.4 Å². The minimum atomic E-state index is 0.704. The molecule has 4 nitrogen and oxygen atoms in total. The lowest BCUT2D eigenvalue weighted by Gasteiger charge is -2.24. The van der Waals surface area contributed by atoms with Crippen LogP contribution in [0.1, 0.15) is 29.0 Å². The van der Waals surface area contributed by atoms with Gasteiger partial charge in [-0.2, -0.15) is 0 Å². The van der Waals surface area contributed by atoms with Gasteiger partial charge in [0, 0.05) is 37.8 Å². The van der Waals surface area contributed by atoms with Gasteiger partial charge in [0.25, 0.3) is 0 Å². The van der Waals surface area contributed by atoms with Crippen LogP contribution in [0.2, 0.25) is 0 Å². The van der Waals surface area contributed by atoms with E-state index in [4.69, 9.17) is 4.52 Å². The van der Waals surface area contributed by atoms with Crippen LogP contribution < -0.4 is 0 Å². The number of aromatic nitrogens is 1. The molecule has 3 heterocycles. The third-order valence-corrected chi connectivity index (χ3v) is 5.53. The highest BCUT2D eigenvalue weighted by molar-refractivity contribution is 5.21. The Balaban J connectivity index is 1.41. The molecule has 0 N–H and O–H groups in total. The van der Waals surface area contributed by atoms with Gasteiger partial charge in [0.2, 0.25) is 0 Å². The fraction of sp³-hybridized carbons (Fsp3) is 0.526. The molecule has 1 aromatic carbocycles. The molecule has 1 aromatic heterocycles. The summed E-state index contributed by atoms with van der Waals surface area (Å²) >= 11 is 0. The zero-order valence-corrected chi connectivity index (χ0v) is 14.0. The van der Waals surface area contributed by atoms with Crippen molar-refractivity contribution in [2.24, 2.45) is 5.92 Å². The predicted molar refractivity (Wildman–Crippen MR) is 90.0 cm³/mol. The summed E-state index contributed by atoms with van der Waals surface area (Å²) in [4.78, 5) is 5.26. The van der Waals surface area contributed by atoms with E-state index in [0.29, 0.717) is 6.04 Å². The van der Waals surface area contributed by atoms with Crippen molar-refractivity contribution in [2.75, 3.05) is 19.6 Å². The SMILES string of the molecule is Cc1noc(C)c1CN1C[C@H]2CCN(Cc3ccccc3)[C@@H]2C1. The summed E-state index contributed by atoms with van der Waals surface area (Å²) in [6.07, 6.45) is 1.33. The normalized spacial score (nSPS) is 25.1. The van der Waals surface area contributed by atoms with Gasteiger partial charge in [0.15, 0.2) is 0 Å². The Morgan fingerprint density at radius 2 is 1.96 bits per heavy atom. The number of hydrogen-bond donors (Lipinski definition) is 0. The molecule has 0 unspecified atom stereocenters. The van der Waals surface area contributed by atoms with Crippen molar-refractivity contribution in [3.05, 3.63) is 52.9 Å². The van der Waals surface area contributed by atoms with Crippen LogP contribution in [0.4, 0.5) is 0 Å². The van der Waals surface area contributed by atoms with Gasteiger partial charge in [-0.25, -0.2) is 0 Å². The van der Waals surface area contributed by atoms with Gasteiger partial charge in [0.05, 0.1) is 5.69 Å². The van der Waals surface area contributed by atoms with Crippen molar-refractivity contribution in [3.8, 4) is 0 Å². The van der Waals surface area contributed by atoms with Crippen LogP contribution in [-0.2, 0) is 13.1 Å². The van der Waals surface area contributed by atoms with E-state index >= 15 is 0 Å². The van der Waals surface area contributed by atoms with Gasteiger partial charge in [-0.15, -0.1) is 0 Å². The average molecular weight is 311 g/mol. The highest BCUT2D eigenvalue weighted by atomic mass is 16.5. The second-order valence-corrected chi connectivity index (χ2v) is 7.07. The Kier molecular flexibility index (Phi) is 3.95. The lowest BCUT2D eigenvalue weighted by Crippen LogP contribution is -2.34. The highest BCUT2D eigenvalue weighted by Crippen LogP contribution is 2.33. The second-order valence-electron chi connectivity index (χ2n) is 7.07. The average Bonchev–Trinajstić information content (AvgIpc) is 3.21. The zero-order chi connectivity index (χ0) is 15.8. The molecule has 4 heteroatoms. The molecule has 2 aliphatic heterocycles. The van der Waals surface area contributed by atoms with Crippen molar-refractivity contribution in [1.82, 2.24) is 15.0 Å². The van der Waals surface area contributed by atoms with E-state index in [0.717, 1.165) is 30.5 Å². The molecule has 0 radical (unpaired) electrons. The minimum absolute atomic E-state index is 0.704. The fourth-order valence-corrected chi connectivity index (χ4v) is 4.23. The molecular formula is C19H25N3O. The van der Waals surface area contributed by atoms with Crippen LogP contribution in [0.25, 0.3) is 0 Å². The Morgan fingerprint density at radius 1 is 1.13 bits per heavy atom. The molecule has 2 fully saturated rings. The van der Waals surface area contributed by atoms with Crippen molar-refractivity contribution in [1.29, 1.82) is 0 Å². The predicted octanol–water partition coefficient (Wildman–Crippen LogP) is 3.00. The second kappa shape index (κ2) is 6.10. The summed E-state index contributed by atoms with van der Waals surface area (Å²) in [6, 6.07) is 11.6. The molecule has 2 atom stereocenters. The van der Waals surface area contributed by atoms with E-state index in [1.54, 1.807) is 0 Å². The smallest absolute Gasteiger partial charge is 0.138 e. The molecular weight excluding hydrogens is 286 g/mol. The van der Waals surface area contributed by atoms with Gasteiger partial charge in [-0.05, 0) is 38.3 Å². The third kappa shape index (κ3) is 2.93. The summed E-state index contributed by atoms with van der Waals surface area (Å²) in [5, 5.41) is 4.09. The largest absolute Gasteiger partial charge is 0.361 e. The van der Waals surface area contributed by atoms with E-state index in [2.05, 4.69) is 45.3 Å². The number of fused-ring (bicyclic) bond motifs is 1. The first-order valence-electron chi connectivity index (χ1n) is 8.63. The lowest BCUT2D eigenvalue weighted by molar-refractivity contribution is 0.214. The number of aryl methyl sites for hydroxylation is 2. The number of benzene rings is 1. The van der Waals surface area contributed by atoms with Crippen molar-refractivity contribution < 1.29 is 4.52 Å². The molecule has 2 aliphatic rings. The Bertz CT molecular complexity index is 647. The maximum absolute atomic E-state index is 5.31. The standard InChI is InChI=1S/C19H25N3O/c1-14-18(15(2)23-20-14)12-21-11-17-8-9-22(19(17)13-21)10-16-6-4-3-5-7-16/h3-7,17,19H,8-13H2,1-2H3/t17-,19-/m1/s1. The van der Waals surface area contributed by atoms with Crippen molar-refractivity contribution in [3.63, 3.8) is 0 Å². The maximum Gasteiger partial charge on any atom is 0.138 e. The number of nitrogens with zero attached hydrogens (tertiary/aromatic N) is 3. The van der Waals surface area contributed by atoms with E-state index in [-0.39, 0.29) is 0 Å². The lowest BCUT2D eigenvalue weighted by atomic mass is 10.0. The number of rotatable bonds is 4. The summed E-state index contributed by atoms with van der Waals surface area (Å²) in [5.74, 6) is 1.79. The van der Waals surface area contributed by atoms with Gasteiger partial charge in [0.1, 0.15) is 5.76 Å². The Morgan fingerprint density at radius 3 is 2.70 bits per heavy atom. The molecule has 0 aliphatic carbocycles. The number of hydrogen-bond acceptors (Lipinski definition) is 4. The Hall–Kier alpha value is -1.65. The molecule has 23 heavy (non-hydrogen) atoms. The van der Waals surface area contributed by atoms with Gasteiger partial charge in [-0.3, -0.25) is 9.80 Å². The van der Waals surface area contributed by atoms with E-state index < -0.39 is 0 Å². The van der Waals surface area contributed by atoms with Crippen molar-refractivity contribution >= 4 is 0 Å². The summed E-state index contributed by atoms with van der Waals surface area (Å²) in [5.41, 5.74) is 3.75. The van der Waals surface area contributed by atoms with Crippen LogP contribution in [-0.4, -0.2) is 40.6 Å². The van der Waals surface area contributed by atoms with E-state index in [9.17, 15) is 0 Å². The fourth-order valence-electron chi connectivity index (χ4n) is 4.23. The molecule has 0 spiro atoms. The third-order valence-electron chi connectivity index (χ3n) is 5.53. The molecule has 4 rings (SSSR count). The van der Waals surface area contributed by atoms with Crippen LogP contribution in [0.3, 0.4) is 0 Å². The van der Waals surface area contributed by atoms with E-state index in [1.807, 2.05) is 13.8 Å². The molecule has 0 bridgehead atoms. The van der Waals surface area contributed by atoms with Crippen LogP contribution in [0.15, 0.2) is 34.9 Å². The first kappa shape index (κ1) is 14.9. The van der Waals surface area contributed by atoms with Crippen LogP contribution >= 0.6 is 0 Å². The summed E-state index contributed by atoms with van der Waals surface area (Å²) < 4.78 is 5.31. The molecule has 122 valence electrons. The molecule has 0 saturated carbocycles.